The Hall–Kier alpha value is -2.08. The van der Waals surface area contributed by atoms with Crippen LogP contribution in [-0.2, 0) is 14.3 Å². The van der Waals surface area contributed by atoms with Gasteiger partial charge in [0.1, 0.15) is 0 Å². The van der Waals surface area contributed by atoms with E-state index in [1.807, 2.05) is 6.07 Å². The fraction of sp³-hybridized carbons (Fsp3) is 0.263. The number of benzene rings is 2. The van der Waals surface area contributed by atoms with Gasteiger partial charge in [0.15, 0.2) is 0 Å². The molecule has 1 saturated heterocycles. The Balaban J connectivity index is 1.88. The largest absolute Gasteiger partial charge is 0.444 e. The minimum absolute atomic E-state index is 0.0477. The van der Waals surface area contributed by atoms with Crippen LogP contribution >= 0.6 is 23.2 Å². The number of ether oxygens (including phenoxy) is 2. The van der Waals surface area contributed by atoms with E-state index >= 15 is 0 Å². The maximum absolute atomic E-state index is 13.0. The number of rotatable bonds is 4. The average Bonchev–Trinajstić information content (AvgIpc) is 2.67. The van der Waals surface area contributed by atoms with Crippen LogP contribution in [-0.4, -0.2) is 43.1 Å². The van der Waals surface area contributed by atoms with Gasteiger partial charge in [-0.15, -0.1) is 0 Å². The molecule has 1 atom stereocenters. The van der Waals surface area contributed by atoms with Crippen molar-refractivity contribution in [2.75, 3.05) is 26.3 Å². The minimum atomic E-state index is -1.07. The van der Waals surface area contributed by atoms with E-state index in [1.54, 1.807) is 47.4 Å². The highest BCUT2D eigenvalue weighted by molar-refractivity contribution is 6.39. The molecular formula is C19H17Cl2NO4. The van der Waals surface area contributed by atoms with E-state index in [2.05, 4.69) is 0 Å². The quantitative estimate of drug-likeness (QED) is 0.742. The van der Waals surface area contributed by atoms with Crippen LogP contribution in [0.5, 0.6) is 0 Å². The molecule has 0 spiro atoms. The molecule has 5 nitrogen and oxygen atoms in total. The topological polar surface area (TPSA) is 55.8 Å². The molecule has 0 radical (unpaired) electrons. The Kier molecular flexibility index (Phi) is 6.14. The molecule has 1 unspecified atom stereocenters. The normalized spacial score (nSPS) is 15.4. The molecule has 1 fully saturated rings. The van der Waals surface area contributed by atoms with Gasteiger partial charge in [-0.25, -0.2) is 4.79 Å². The number of carbonyl (C=O) groups is 2. The van der Waals surface area contributed by atoms with Gasteiger partial charge in [0, 0.05) is 18.7 Å². The van der Waals surface area contributed by atoms with Crippen LogP contribution in [0.25, 0.3) is 0 Å². The van der Waals surface area contributed by atoms with Crippen molar-refractivity contribution in [3.05, 3.63) is 69.7 Å². The molecular weight excluding hydrogens is 377 g/mol. The van der Waals surface area contributed by atoms with E-state index in [-0.39, 0.29) is 21.5 Å². The molecule has 0 aromatic heterocycles. The molecule has 0 aliphatic carbocycles. The zero-order valence-corrected chi connectivity index (χ0v) is 15.4. The lowest BCUT2D eigenvalue weighted by Crippen LogP contribution is -2.44. The van der Waals surface area contributed by atoms with E-state index in [9.17, 15) is 9.59 Å². The Morgan fingerprint density at radius 1 is 0.962 bits per heavy atom. The van der Waals surface area contributed by atoms with E-state index in [1.165, 1.54) is 0 Å². The van der Waals surface area contributed by atoms with Gasteiger partial charge in [0.2, 0.25) is 6.10 Å². The van der Waals surface area contributed by atoms with Gasteiger partial charge < -0.3 is 14.4 Å². The zero-order chi connectivity index (χ0) is 18.5. The number of nitrogens with zero attached hydrogens (tertiary/aromatic N) is 1. The summed E-state index contributed by atoms with van der Waals surface area (Å²) in [6.45, 7) is 1.81. The van der Waals surface area contributed by atoms with Crippen molar-refractivity contribution in [3.8, 4) is 0 Å². The van der Waals surface area contributed by atoms with Crippen LogP contribution in [0, 0.1) is 0 Å². The van der Waals surface area contributed by atoms with Crippen LogP contribution < -0.4 is 0 Å². The monoisotopic (exact) mass is 393 g/mol. The first kappa shape index (κ1) is 18.7. The second-order valence-corrected chi connectivity index (χ2v) is 6.54. The summed E-state index contributed by atoms with van der Waals surface area (Å²) in [6.07, 6.45) is -1.07. The number of halogens is 2. The van der Waals surface area contributed by atoms with Gasteiger partial charge in [-0.3, -0.25) is 4.79 Å². The summed E-state index contributed by atoms with van der Waals surface area (Å²) in [5.41, 5.74) is 0.632. The molecule has 1 heterocycles. The highest BCUT2D eigenvalue weighted by atomic mass is 35.5. The third-order valence-electron chi connectivity index (χ3n) is 4.04. The van der Waals surface area contributed by atoms with Crippen molar-refractivity contribution in [1.82, 2.24) is 4.90 Å². The SMILES string of the molecule is O=C(OC(C(=O)N1CCOCC1)c1ccccc1)c1c(Cl)cccc1Cl. The van der Waals surface area contributed by atoms with Gasteiger partial charge in [-0.2, -0.15) is 0 Å². The van der Waals surface area contributed by atoms with Crippen LogP contribution in [0.1, 0.15) is 22.0 Å². The molecule has 1 aliphatic heterocycles. The second-order valence-electron chi connectivity index (χ2n) is 5.73. The molecule has 2 aromatic rings. The minimum Gasteiger partial charge on any atom is -0.444 e. The summed E-state index contributed by atoms with van der Waals surface area (Å²) in [5, 5.41) is 0.348. The predicted octanol–water partition coefficient (Wildman–Crippen LogP) is 3.75. The third-order valence-corrected chi connectivity index (χ3v) is 4.67. The van der Waals surface area contributed by atoms with E-state index in [0.29, 0.717) is 31.9 Å². The lowest BCUT2D eigenvalue weighted by Gasteiger charge is -2.30. The van der Waals surface area contributed by atoms with Gasteiger partial charge in [0.05, 0.1) is 28.8 Å². The van der Waals surface area contributed by atoms with Crippen LogP contribution in [0.15, 0.2) is 48.5 Å². The number of carbonyl (C=O) groups excluding carboxylic acids is 2. The molecule has 26 heavy (non-hydrogen) atoms. The first-order chi connectivity index (χ1) is 12.6. The summed E-state index contributed by atoms with van der Waals surface area (Å²) >= 11 is 12.2. The standard InChI is InChI=1S/C19H17Cl2NO4/c20-14-7-4-8-15(21)16(14)19(24)26-17(13-5-2-1-3-6-13)18(23)22-9-11-25-12-10-22/h1-8,17H,9-12H2. The zero-order valence-electron chi connectivity index (χ0n) is 13.9. The van der Waals surface area contributed by atoms with Crippen molar-refractivity contribution < 1.29 is 19.1 Å². The molecule has 1 aliphatic rings. The number of esters is 1. The van der Waals surface area contributed by atoms with Crippen molar-refractivity contribution >= 4 is 35.1 Å². The molecule has 2 aromatic carbocycles. The lowest BCUT2D eigenvalue weighted by molar-refractivity contribution is -0.145. The lowest BCUT2D eigenvalue weighted by atomic mass is 10.1. The maximum atomic E-state index is 13.0. The Bertz CT molecular complexity index is 771. The van der Waals surface area contributed by atoms with E-state index in [4.69, 9.17) is 32.7 Å². The predicted molar refractivity (Wildman–Crippen MR) is 98.5 cm³/mol. The highest BCUT2D eigenvalue weighted by Gasteiger charge is 2.31. The molecule has 136 valence electrons. The van der Waals surface area contributed by atoms with Crippen LogP contribution in [0.3, 0.4) is 0 Å². The molecule has 0 N–H and O–H groups in total. The average molecular weight is 394 g/mol. The fourth-order valence-corrected chi connectivity index (χ4v) is 3.25. The van der Waals surface area contributed by atoms with Crippen molar-refractivity contribution in [2.45, 2.75) is 6.10 Å². The summed E-state index contributed by atoms with van der Waals surface area (Å²) in [6, 6.07) is 13.6. The first-order valence-electron chi connectivity index (χ1n) is 8.14. The number of amides is 1. The Morgan fingerprint density at radius 2 is 1.58 bits per heavy atom. The van der Waals surface area contributed by atoms with Crippen molar-refractivity contribution in [1.29, 1.82) is 0 Å². The van der Waals surface area contributed by atoms with Crippen molar-refractivity contribution in [2.24, 2.45) is 0 Å². The molecule has 3 rings (SSSR count). The summed E-state index contributed by atoms with van der Waals surface area (Å²) in [5.74, 6) is -1.04. The van der Waals surface area contributed by atoms with Gasteiger partial charge >= 0.3 is 5.97 Å². The number of hydrogen-bond acceptors (Lipinski definition) is 4. The van der Waals surface area contributed by atoms with E-state index in [0.717, 1.165) is 0 Å². The third kappa shape index (κ3) is 4.18. The smallest absolute Gasteiger partial charge is 0.342 e. The van der Waals surface area contributed by atoms with E-state index < -0.39 is 12.1 Å². The van der Waals surface area contributed by atoms with Crippen molar-refractivity contribution in [3.63, 3.8) is 0 Å². The molecule has 1 amide bonds. The first-order valence-corrected chi connectivity index (χ1v) is 8.90. The van der Waals surface area contributed by atoms with Crippen LogP contribution in [0.4, 0.5) is 0 Å². The summed E-state index contributed by atoms with van der Waals surface area (Å²) in [7, 11) is 0. The van der Waals surface area contributed by atoms with Gasteiger partial charge in [0.25, 0.3) is 5.91 Å². The molecule has 7 heteroatoms. The number of morpholine rings is 1. The number of hydrogen-bond donors (Lipinski definition) is 0. The fourth-order valence-electron chi connectivity index (χ4n) is 2.70. The molecule has 0 saturated carbocycles. The summed E-state index contributed by atoms with van der Waals surface area (Å²) in [4.78, 5) is 27.3. The summed E-state index contributed by atoms with van der Waals surface area (Å²) < 4.78 is 10.8. The Labute approximate surface area is 161 Å². The maximum Gasteiger partial charge on any atom is 0.342 e. The highest BCUT2D eigenvalue weighted by Crippen LogP contribution is 2.28. The molecule has 0 bridgehead atoms. The Morgan fingerprint density at radius 3 is 2.19 bits per heavy atom. The second kappa shape index (κ2) is 8.54. The van der Waals surface area contributed by atoms with Gasteiger partial charge in [-0.05, 0) is 12.1 Å². The van der Waals surface area contributed by atoms with Crippen LogP contribution in [0.2, 0.25) is 10.0 Å². The van der Waals surface area contributed by atoms with Gasteiger partial charge in [-0.1, -0.05) is 59.6 Å².